The van der Waals surface area contributed by atoms with E-state index in [1.807, 2.05) is 30.3 Å². The zero-order valence-electron chi connectivity index (χ0n) is 17.6. The lowest BCUT2D eigenvalue weighted by Crippen LogP contribution is -2.42. The number of aliphatic hydroxyl groups excluding tert-OH is 1. The van der Waals surface area contributed by atoms with Gasteiger partial charge in [-0.05, 0) is 52.8 Å². The van der Waals surface area contributed by atoms with Crippen LogP contribution in [-0.4, -0.2) is 28.5 Å². The highest BCUT2D eigenvalue weighted by molar-refractivity contribution is 7.99. The summed E-state index contributed by atoms with van der Waals surface area (Å²) in [7, 11) is 0. The average Bonchev–Trinajstić information content (AvgIpc) is 2.72. The van der Waals surface area contributed by atoms with Gasteiger partial charge in [-0.2, -0.15) is 0 Å². The molecule has 1 N–H and O–H groups in total. The number of allylic oxidation sites excluding steroid dienone is 2. The molecule has 0 bridgehead atoms. The summed E-state index contributed by atoms with van der Waals surface area (Å²) in [5, 5.41) is 10.2. The molecule has 1 aliphatic heterocycles. The van der Waals surface area contributed by atoms with E-state index in [0.717, 1.165) is 16.9 Å². The monoisotopic (exact) mass is 411 g/mol. The summed E-state index contributed by atoms with van der Waals surface area (Å²) in [5.74, 6) is 1.17. The maximum atomic E-state index is 13.6. The van der Waals surface area contributed by atoms with Crippen molar-refractivity contribution in [2.75, 3.05) is 12.5 Å². The summed E-state index contributed by atoms with van der Waals surface area (Å²) in [6, 6.07) is 17.2. The van der Waals surface area contributed by atoms with E-state index < -0.39 is 0 Å². The molecule has 29 heavy (non-hydrogen) atoms. The van der Waals surface area contributed by atoms with Crippen molar-refractivity contribution in [3.05, 3.63) is 83.3 Å². The van der Waals surface area contributed by atoms with Crippen LogP contribution in [0.15, 0.2) is 76.8 Å². The summed E-state index contributed by atoms with van der Waals surface area (Å²) in [6.45, 7) is 8.69. The first kappa shape index (κ1) is 21.7. The molecule has 1 atom stereocenters. The Morgan fingerprint density at radius 3 is 2.21 bits per heavy atom. The maximum absolute atomic E-state index is 13.6. The number of rotatable bonds is 7. The van der Waals surface area contributed by atoms with E-state index in [-0.39, 0.29) is 24.5 Å². The molecular formula is C25H30FNOS. The lowest BCUT2D eigenvalue weighted by Gasteiger charge is -2.42. The Hall–Kier alpha value is -2.04. The van der Waals surface area contributed by atoms with Crippen molar-refractivity contribution in [3.63, 3.8) is 0 Å². The molecule has 1 unspecified atom stereocenters. The molecule has 3 rings (SSSR count). The van der Waals surface area contributed by atoms with Gasteiger partial charge in [-0.1, -0.05) is 64.1 Å². The molecule has 2 aromatic rings. The summed E-state index contributed by atoms with van der Waals surface area (Å²) in [4.78, 5) is 3.34. The van der Waals surface area contributed by atoms with Crippen LogP contribution in [-0.2, 0) is 0 Å². The smallest absolute Gasteiger partial charge is 0.123 e. The van der Waals surface area contributed by atoms with Crippen molar-refractivity contribution in [2.24, 2.45) is 11.8 Å². The van der Waals surface area contributed by atoms with Gasteiger partial charge in [-0.15, -0.1) is 11.8 Å². The second-order valence-electron chi connectivity index (χ2n) is 8.05. The van der Waals surface area contributed by atoms with Crippen LogP contribution in [0.4, 0.5) is 4.39 Å². The van der Waals surface area contributed by atoms with Crippen LogP contribution in [0.2, 0.25) is 0 Å². The molecule has 0 saturated heterocycles. The van der Waals surface area contributed by atoms with E-state index in [1.165, 1.54) is 28.3 Å². The fourth-order valence-corrected chi connectivity index (χ4v) is 4.92. The van der Waals surface area contributed by atoms with E-state index in [0.29, 0.717) is 5.92 Å². The van der Waals surface area contributed by atoms with Crippen LogP contribution in [0.25, 0.3) is 5.57 Å². The van der Waals surface area contributed by atoms with E-state index >= 15 is 0 Å². The number of nitrogens with zero attached hydrogens (tertiary/aromatic N) is 1. The minimum Gasteiger partial charge on any atom is -0.376 e. The molecule has 0 saturated carbocycles. The van der Waals surface area contributed by atoms with Crippen LogP contribution in [0.3, 0.4) is 0 Å². The Morgan fingerprint density at radius 2 is 1.66 bits per heavy atom. The Kier molecular flexibility index (Phi) is 7.20. The fourth-order valence-electron chi connectivity index (χ4n) is 3.96. The van der Waals surface area contributed by atoms with Crippen LogP contribution in [0.1, 0.15) is 33.3 Å². The molecule has 2 nitrogen and oxygen atoms in total. The summed E-state index contributed by atoms with van der Waals surface area (Å²) in [6.07, 6.45) is 2.25. The van der Waals surface area contributed by atoms with Crippen LogP contribution in [0, 0.1) is 17.7 Å². The summed E-state index contributed by atoms with van der Waals surface area (Å²) < 4.78 is 13.6. The Bertz CT molecular complexity index is 871. The highest BCUT2D eigenvalue weighted by Gasteiger charge is 2.32. The van der Waals surface area contributed by atoms with Gasteiger partial charge in [-0.25, -0.2) is 4.39 Å². The molecular weight excluding hydrogens is 381 g/mol. The van der Waals surface area contributed by atoms with Gasteiger partial charge < -0.3 is 10.0 Å². The Balaban J connectivity index is 2.09. The molecule has 1 heterocycles. The van der Waals surface area contributed by atoms with Gasteiger partial charge in [0.25, 0.3) is 0 Å². The van der Waals surface area contributed by atoms with Crippen molar-refractivity contribution >= 4 is 17.3 Å². The molecule has 1 aliphatic rings. The van der Waals surface area contributed by atoms with Crippen LogP contribution >= 0.6 is 11.8 Å². The van der Waals surface area contributed by atoms with Crippen molar-refractivity contribution < 1.29 is 9.50 Å². The van der Waals surface area contributed by atoms with E-state index in [9.17, 15) is 9.50 Å². The van der Waals surface area contributed by atoms with Crippen molar-refractivity contribution in [1.82, 2.24) is 4.90 Å². The van der Waals surface area contributed by atoms with Gasteiger partial charge in [0.15, 0.2) is 0 Å². The largest absolute Gasteiger partial charge is 0.376 e. The van der Waals surface area contributed by atoms with Crippen molar-refractivity contribution in [3.8, 4) is 0 Å². The first-order valence-electron chi connectivity index (χ1n) is 10.2. The third kappa shape index (κ3) is 4.93. The number of hydrogen-bond donors (Lipinski definition) is 1. The van der Waals surface area contributed by atoms with Crippen LogP contribution in [0.5, 0.6) is 0 Å². The second kappa shape index (κ2) is 9.64. The van der Waals surface area contributed by atoms with E-state index in [4.69, 9.17) is 0 Å². The zero-order chi connectivity index (χ0) is 21.0. The van der Waals surface area contributed by atoms with Gasteiger partial charge in [0, 0.05) is 16.3 Å². The molecule has 0 aliphatic carbocycles. The first-order valence-corrected chi connectivity index (χ1v) is 11.2. The standard InChI is InChI=1S/C25H30FNOS/c1-17(2)24-14-22(19-10-12-20(26)13-11-19)23(25(18(3)4)27(24)16-28)15-29-21-8-6-5-7-9-21/h5-14,17-18,24,28H,15-16H2,1-4H3. The van der Waals surface area contributed by atoms with E-state index in [1.54, 1.807) is 11.8 Å². The third-order valence-corrected chi connectivity index (χ3v) is 6.34. The summed E-state index contributed by atoms with van der Waals surface area (Å²) >= 11 is 1.79. The number of hydrogen-bond acceptors (Lipinski definition) is 3. The summed E-state index contributed by atoms with van der Waals surface area (Å²) in [5.41, 5.74) is 4.57. The topological polar surface area (TPSA) is 23.5 Å². The Morgan fingerprint density at radius 1 is 1.00 bits per heavy atom. The molecule has 0 spiro atoms. The minimum absolute atomic E-state index is 0.0109. The fraction of sp³-hybridized carbons (Fsp3) is 0.360. The van der Waals surface area contributed by atoms with Crippen LogP contribution < -0.4 is 0 Å². The number of benzene rings is 2. The maximum Gasteiger partial charge on any atom is 0.123 e. The predicted octanol–water partition coefficient (Wildman–Crippen LogP) is 6.20. The van der Waals surface area contributed by atoms with Gasteiger partial charge in [0.1, 0.15) is 12.5 Å². The molecule has 154 valence electrons. The third-order valence-electron chi connectivity index (χ3n) is 5.30. The van der Waals surface area contributed by atoms with Crippen molar-refractivity contribution in [2.45, 2.75) is 38.6 Å². The lowest BCUT2D eigenvalue weighted by atomic mass is 9.85. The number of halogens is 1. The first-order chi connectivity index (χ1) is 13.9. The van der Waals surface area contributed by atoms with Gasteiger partial charge in [-0.3, -0.25) is 0 Å². The van der Waals surface area contributed by atoms with Gasteiger partial charge in [0.05, 0.1) is 6.04 Å². The molecule has 0 aromatic heterocycles. The van der Waals surface area contributed by atoms with Crippen molar-refractivity contribution in [1.29, 1.82) is 0 Å². The SMILES string of the molecule is CC(C)C1=C(CSc2ccccc2)C(c2ccc(F)cc2)=CC(C(C)C)N1CO. The Labute approximate surface area is 178 Å². The molecule has 0 amide bonds. The highest BCUT2D eigenvalue weighted by Crippen LogP contribution is 2.40. The van der Waals surface area contributed by atoms with Gasteiger partial charge >= 0.3 is 0 Å². The molecule has 0 fully saturated rings. The number of thioether (sulfide) groups is 1. The minimum atomic E-state index is -0.226. The van der Waals surface area contributed by atoms with E-state index in [2.05, 4.69) is 50.8 Å². The molecule has 4 heteroatoms. The molecule has 2 aromatic carbocycles. The second-order valence-corrected chi connectivity index (χ2v) is 9.10. The highest BCUT2D eigenvalue weighted by atomic mass is 32.2. The van der Waals surface area contributed by atoms with Gasteiger partial charge in [0.2, 0.25) is 0 Å². The predicted molar refractivity (Wildman–Crippen MR) is 121 cm³/mol. The average molecular weight is 412 g/mol. The number of aliphatic hydroxyl groups is 1. The zero-order valence-corrected chi connectivity index (χ0v) is 18.4. The lowest BCUT2D eigenvalue weighted by molar-refractivity contribution is 0.0879. The molecule has 0 radical (unpaired) electrons. The quantitative estimate of drug-likeness (QED) is 0.549. The normalized spacial score (nSPS) is 17.3.